The van der Waals surface area contributed by atoms with Crippen molar-refractivity contribution in [1.29, 1.82) is 0 Å². The fourth-order valence-corrected chi connectivity index (χ4v) is 1.66. The molecule has 0 fully saturated rings. The van der Waals surface area contributed by atoms with E-state index in [9.17, 15) is 4.79 Å². The summed E-state index contributed by atoms with van der Waals surface area (Å²) in [6.45, 7) is 2.48. The number of benzene rings is 2. The molecule has 0 unspecified atom stereocenters. The highest BCUT2D eigenvalue weighted by molar-refractivity contribution is 5.96. The first-order valence-electron chi connectivity index (χ1n) is 4.96. The molecule has 2 nitrogen and oxygen atoms in total. The third-order valence-corrected chi connectivity index (χ3v) is 2.33. The molecule has 0 heterocycles. The van der Waals surface area contributed by atoms with E-state index in [1.807, 2.05) is 37.3 Å². The molecule has 2 heteroatoms. The van der Waals surface area contributed by atoms with Crippen LogP contribution in [0.3, 0.4) is 0 Å². The number of hydrogen-bond donors (Lipinski definition) is 0. The van der Waals surface area contributed by atoms with E-state index < -0.39 is 0 Å². The Kier molecular flexibility index (Phi) is 2.68. The number of hydrogen-bond acceptors (Lipinski definition) is 2. The van der Waals surface area contributed by atoms with Gasteiger partial charge in [-0.25, -0.2) is 0 Å². The van der Waals surface area contributed by atoms with E-state index in [0.717, 1.165) is 17.1 Å². The summed E-state index contributed by atoms with van der Waals surface area (Å²) in [6.07, 6.45) is 0.831. The number of carbonyl (C=O) groups is 1. The maximum atomic E-state index is 10.9. The summed E-state index contributed by atoms with van der Waals surface area (Å²) in [5, 5.41) is 2.08. The van der Waals surface area contributed by atoms with Crippen molar-refractivity contribution in [2.24, 2.45) is 0 Å². The van der Waals surface area contributed by atoms with Crippen molar-refractivity contribution in [2.75, 3.05) is 6.61 Å². The molecule has 0 aliphatic heterocycles. The normalized spacial score (nSPS) is 10.2. The van der Waals surface area contributed by atoms with E-state index in [1.165, 1.54) is 0 Å². The van der Waals surface area contributed by atoms with E-state index in [1.54, 1.807) is 6.07 Å². The topological polar surface area (TPSA) is 26.3 Å². The van der Waals surface area contributed by atoms with Crippen molar-refractivity contribution in [1.82, 2.24) is 0 Å². The monoisotopic (exact) mass is 200 g/mol. The molecular formula is C13H12O2. The molecule has 2 aromatic rings. The average Bonchev–Trinajstić information content (AvgIpc) is 2.30. The minimum absolute atomic E-state index is 0.564. The van der Waals surface area contributed by atoms with Crippen LogP contribution in [0.4, 0.5) is 0 Å². The van der Waals surface area contributed by atoms with Crippen LogP contribution in [0.15, 0.2) is 36.4 Å². The number of carbonyl (C=O) groups excluding carboxylic acids is 1. The molecule has 0 atom stereocenters. The lowest BCUT2D eigenvalue weighted by Gasteiger charge is -2.09. The van der Waals surface area contributed by atoms with Crippen LogP contribution in [-0.2, 0) is 0 Å². The first-order chi connectivity index (χ1) is 7.36. The van der Waals surface area contributed by atoms with Gasteiger partial charge in [-0.05, 0) is 18.4 Å². The summed E-state index contributed by atoms with van der Waals surface area (Å²) < 4.78 is 5.51. The van der Waals surface area contributed by atoms with Gasteiger partial charge in [0, 0.05) is 5.39 Å². The van der Waals surface area contributed by atoms with Gasteiger partial charge in [0.25, 0.3) is 0 Å². The summed E-state index contributed by atoms with van der Waals surface area (Å²) in [6, 6.07) is 11.6. The second-order valence-corrected chi connectivity index (χ2v) is 3.26. The van der Waals surface area contributed by atoms with Gasteiger partial charge in [0.2, 0.25) is 0 Å². The molecule has 0 saturated heterocycles. The summed E-state index contributed by atoms with van der Waals surface area (Å²) >= 11 is 0. The Morgan fingerprint density at radius 3 is 2.73 bits per heavy atom. The Labute approximate surface area is 88.5 Å². The standard InChI is InChI=1S/C13H12O2/c1-2-15-13-11(9-14)8-7-10-5-3-4-6-12(10)13/h3-9H,2H2,1H3. The molecule has 0 radical (unpaired) electrons. The summed E-state index contributed by atoms with van der Waals surface area (Å²) in [7, 11) is 0. The lowest BCUT2D eigenvalue weighted by Crippen LogP contribution is -1.96. The highest BCUT2D eigenvalue weighted by Gasteiger charge is 2.06. The van der Waals surface area contributed by atoms with Gasteiger partial charge in [-0.2, -0.15) is 0 Å². The van der Waals surface area contributed by atoms with Gasteiger partial charge in [0.05, 0.1) is 12.2 Å². The molecule has 15 heavy (non-hydrogen) atoms. The van der Waals surface area contributed by atoms with Crippen LogP contribution in [0.2, 0.25) is 0 Å². The highest BCUT2D eigenvalue weighted by atomic mass is 16.5. The molecule has 76 valence electrons. The van der Waals surface area contributed by atoms with E-state index in [4.69, 9.17) is 4.74 Å². The highest BCUT2D eigenvalue weighted by Crippen LogP contribution is 2.28. The molecule has 2 rings (SSSR count). The maximum absolute atomic E-state index is 10.9. The number of ether oxygens (including phenoxy) is 1. The number of aldehydes is 1. The van der Waals surface area contributed by atoms with Crippen molar-refractivity contribution in [3.8, 4) is 5.75 Å². The van der Waals surface area contributed by atoms with Gasteiger partial charge in [-0.15, -0.1) is 0 Å². The zero-order valence-corrected chi connectivity index (χ0v) is 8.57. The fourth-order valence-electron chi connectivity index (χ4n) is 1.66. The number of rotatable bonds is 3. The van der Waals surface area contributed by atoms with Gasteiger partial charge in [0.15, 0.2) is 6.29 Å². The summed E-state index contributed by atoms with van der Waals surface area (Å²) in [4.78, 5) is 10.9. The van der Waals surface area contributed by atoms with Gasteiger partial charge in [-0.1, -0.05) is 30.3 Å². The molecule has 0 N–H and O–H groups in total. The molecule has 0 bridgehead atoms. The molecule has 0 aromatic heterocycles. The molecule has 2 aromatic carbocycles. The van der Waals surface area contributed by atoms with Crippen LogP contribution in [0.1, 0.15) is 17.3 Å². The number of fused-ring (bicyclic) bond motifs is 1. The van der Waals surface area contributed by atoms with E-state index in [-0.39, 0.29) is 0 Å². The van der Waals surface area contributed by atoms with Crippen LogP contribution in [0, 0.1) is 0 Å². The second kappa shape index (κ2) is 4.13. The van der Waals surface area contributed by atoms with Crippen molar-refractivity contribution >= 4 is 17.1 Å². The van der Waals surface area contributed by atoms with Crippen LogP contribution < -0.4 is 4.74 Å². The quantitative estimate of drug-likeness (QED) is 0.712. The van der Waals surface area contributed by atoms with Crippen molar-refractivity contribution < 1.29 is 9.53 Å². The SMILES string of the molecule is CCOc1c(C=O)ccc2ccccc12. The molecule has 0 spiro atoms. The molecule has 0 saturated carbocycles. The predicted octanol–water partition coefficient (Wildman–Crippen LogP) is 3.05. The zero-order chi connectivity index (χ0) is 10.7. The van der Waals surface area contributed by atoms with E-state index in [2.05, 4.69) is 0 Å². The third-order valence-electron chi connectivity index (χ3n) is 2.33. The smallest absolute Gasteiger partial charge is 0.153 e. The Morgan fingerprint density at radius 2 is 2.00 bits per heavy atom. The van der Waals surface area contributed by atoms with Crippen molar-refractivity contribution in [2.45, 2.75) is 6.92 Å². The van der Waals surface area contributed by atoms with Crippen LogP contribution in [0.25, 0.3) is 10.8 Å². The lowest BCUT2D eigenvalue weighted by atomic mass is 10.1. The largest absolute Gasteiger partial charge is 0.492 e. The zero-order valence-electron chi connectivity index (χ0n) is 8.57. The molecule has 0 aliphatic rings. The van der Waals surface area contributed by atoms with E-state index in [0.29, 0.717) is 17.9 Å². The first kappa shape index (κ1) is 9.71. The van der Waals surface area contributed by atoms with Gasteiger partial charge >= 0.3 is 0 Å². The average molecular weight is 200 g/mol. The predicted molar refractivity (Wildman–Crippen MR) is 60.5 cm³/mol. The van der Waals surface area contributed by atoms with Gasteiger partial charge in [-0.3, -0.25) is 4.79 Å². The Bertz CT molecular complexity index is 489. The summed E-state index contributed by atoms with van der Waals surface area (Å²) in [5.74, 6) is 0.686. The first-order valence-corrected chi connectivity index (χ1v) is 4.96. The lowest BCUT2D eigenvalue weighted by molar-refractivity contribution is 0.112. The van der Waals surface area contributed by atoms with Crippen LogP contribution >= 0.6 is 0 Å². The van der Waals surface area contributed by atoms with Gasteiger partial charge < -0.3 is 4.74 Å². The molecular weight excluding hydrogens is 188 g/mol. The molecule has 0 aliphatic carbocycles. The minimum Gasteiger partial charge on any atom is -0.492 e. The van der Waals surface area contributed by atoms with Crippen LogP contribution in [0.5, 0.6) is 5.75 Å². The van der Waals surface area contributed by atoms with Crippen molar-refractivity contribution in [3.63, 3.8) is 0 Å². The Balaban J connectivity index is 2.72. The fraction of sp³-hybridized carbons (Fsp3) is 0.154. The Morgan fingerprint density at radius 1 is 1.20 bits per heavy atom. The van der Waals surface area contributed by atoms with E-state index >= 15 is 0 Å². The second-order valence-electron chi connectivity index (χ2n) is 3.26. The maximum Gasteiger partial charge on any atom is 0.153 e. The minimum atomic E-state index is 0.564. The van der Waals surface area contributed by atoms with Crippen LogP contribution in [-0.4, -0.2) is 12.9 Å². The summed E-state index contributed by atoms with van der Waals surface area (Å²) in [5.41, 5.74) is 0.607. The molecule has 0 amide bonds. The third kappa shape index (κ3) is 1.71. The van der Waals surface area contributed by atoms with Crippen molar-refractivity contribution in [3.05, 3.63) is 42.0 Å². The van der Waals surface area contributed by atoms with Gasteiger partial charge in [0.1, 0.15) is 5.75 Å². The Hall–Kier alpha value is -1.83.